The summed E-state index contributed by atoms with van der Waals surface area (Å²) >= 11 is 6.28. The molecule has 0 aliphatic carbocycles. The lowest BCUT2D eigenvalue weighted by Crippen LogP contribution is -2.42. The minimum absolute atomic E-state index is 0. The van der Waals surface area contributed by atoms with E-state index >= 15 is 0 Å². The number of nitrogens with zero attached hydrogens (tertiary/aromatic N) is 4. The minimum Gasteiger partial charge on any atom is -0.379 e. The van der Waals surface area contributed by atoms with E-state index in [1.807, 2.05) is 12.1 Å². The van der Waals surface area contributed by atoms with Crippen molar-refractivity contribution >= 4 is 41.5 Å². The van der Waals surface area contributed by atoms with E-state index < -0.39 is 0 Å². The Kier molecular flexibility index (Phi) is 10.4. The van der Waals surface area contributed by atoms with Crippen molar-refractivity contribution in [1.29, 1.82) is 0 Å². The Morgan fingerprint density at radius 2 is 2.03 bits per heavy atom. The maximum absolute atomic E-state index is 6.28. The standard InChI is InChI=1S/C22H32ClN5O.HI/c1-4-24-22(27(3)17-20-9-6-10-26(20)2)25-16-21(28-11-13-29-14-12-28)18-7-5-8-19(23)15-18;/h5-10,15,21H,4,11-14,16-17H2,1-3H3,(H,24,25);1H. The van der Waals surface area contributed by atoms with Crippen LogP contribution >= 0.6 is 35.6 Å². The molecule has 0 spiro atoms. The second kappa shape index (κ2) is 12.5. The molecule has 3 rings (SSSR count). The molecular weight excluding hydrogens is 513 g/mol. The first-order valence-electron chi connectivity index (χ1n) is 10.3. The number of ether oxygens (including phenoxy) is 1. The van der Waals surface area contributed by atoms with Crippen LogP contribution in [0.25, 0.3) is 0 Å². The second-order valence-corrected chi connectivity index (χ2v) is 7.82. The van der Waals surface area contributed by atoms with E-state index in [9.17, 15) is 0 Å². The fourth-order valence-electron chi connectivity index (χ4n) is 3.66. The molecule has 1 unspecified atom stereocenters. The molecule has 1 aromatic heterocycles. The second-order valence-electron chi connectivity index (χ2n) is 7.38. The van der Waals surface area contributed by atoms with Gasteiger partial charge in [-0.2, -0.15) is 0 Å². The Bertz CT molecular complexity index is 806. The fourth-order valence-corrected chi connectivity index (χ4v) is 3.85. The number of hydrogen-bond acceptors (Lipinski definition) is 3. The molecule has 0 radical (unpaired) electrons. The number of aromatic nitrogens is 1. The molecule has 1 aliphatic rings. The summed E-state index contributed by atoms with van der Waals surface area (Å²) in [6.45, 7) is 7.72. The molecular formula is C22H33ClIN5O. The zero-order valence-electron chi connectivity index (χ0n) is 18.1. The number of halogens is 2. The Balaban J connectivity index is 0.00000320. The summed E-state index contributed by atoms with van der Waals surface area (Å²) in [6, 6.07) is 12.5. The predicted molar refractivity (Wildman–Crippen MR) is 135 cm³/mol. The van der Waals surface area contributed by atoms with Crippen LogP contribution in [-0.4, -0.2) is 66.8 Å². The highest BCUT2D eigenvalue weighted by atomic mass is 127. The summed E-state index contributed by atoms with van der Waals surface area (Å²) in [4.78, 5) is 9.62. The van der Waals surface area contributed by atoms with Crippen LogP contribution in [0.4, 0.5) is 0 Å². The monoisotopic (exact) mass is 545 g/mol. The van der Waals surface area contributed by atoms with Crippen LogP contribution in [0.3, 0.4) is 0 Å². The van der Waals surface area contributed by atoms with Gasteiger partial charge in [0.1, 0.15) is 0 Å². The van der Waals surface area contributed by atoms with Crippen molar-refractivity contribution in [3.63, 3.8) is 0 Å². The number of aliphatic imine (C=N–C) groups is 1. The lowest BCUT2D eigenvalue weighted by Gasteiger charge is -2.34. The summed E-state index contributed by atoms with van der Waals surface area (Å²) in [6.07, 6.45) is 2.07. The summed E-state index contributed by atoms with van der Waals surface area (Å²) in [5.74, 6) is 0.911. The zero-order chi connectivity index (χ0) is 20.6. The Hall–Kier alpha value is -1.29. The van der Waals surface area contributed by atoms with Crippen LogP contribution in [0.5, 0.6) is 0 Å². The van der Waals surface area contributed by atoms with Gasteiger partial charge in [0.05, 0.1) is 32.3 Å². The normalized spacial score (nSPS) is 16.1. The number of nitrogens with one attached hydrogen (secondary N) is 1. The van der Waals surface area contributed by atoms with Crippen LogP contribution in [0, 0.1) is 0 Å². The summed E-state index contributed by atoms with van der Waals surface area (Å²) in [5, 5.41) is 4.19. The molecule has 1 aliphatic heterocycles. The number of guanidine groups is 1. The molecule has 0 bridgehead atoms. The van der Waals surface area contributed by atoms with E-state index in [1.165, 1.54) is 11.3 Å². The van der Waals surface area contributed by atoms with Crippen molar-refractivity contribution in [2.75, 3.05) is 46.4 Å². The van der Waals surface area contributed by atoms with Gasteiger partial charge in [-0.3, -0.25) is 9.89 Å². The van der Waals surface area contributed by atoms with Crippen molar-refractivity contribution in [3.05, 3.63) is 58.9 Å². The molecule has 166 valence electrons. The van der Waals surface area contributed by atoms with Crippen LogP contribution in [0.2, 0.25) is 5.02 Å². The van der Waals surface area contributed by atoms with Gasteiger partial charge in [0.15, 0.2) is 5.96 Å². The number of aryl methyl sites for hydroxylation is 1. The molecule has 1 atom stereocenters. The third-order valence-electron chi connectivity index (χ3n) is 5.28. The number of hydrogen-bond donors (Lipinski definition) is 1. The topological polar surface area (TPSA) is 45.0 Å². The van der Waals surface area contributed by atoms with Gasteiger partial charge in [0.2, 0.25) is 0 Å². The molecule has 0 amide bonds. The number of benzene rings is 1. The van der Waals surface area contributed by atoms with E-state index in [4.69, 9.17) is 21.3 Å². The molecule has 1 fully saturated rings. The first kappa shape index (κ1) is 25.0. The van der Waals surface area contributed by atoms with Gasteiger partial charge in [0, 0.05) is 50.6 Å². The Morgan fingerprint density at radius 3 is 2.67 bits per heavy atom. The lowest BCUT2D eigenvalue weighted by molar-refractivity contribution is 0.0179. The van der Waals surface area contributed by atoms with Crippen molar-refractivity contribution in [2.45, 2.75) is 19.5 Å². The van der Waals surface area contributed by atoms with Gasteiger partial charge in [-0.05, 0) is 36.8 Å². The van der Waals surface area contributed by atoms with Crippen molar-refractivity contribution in [2.24, 2.45) is 12.0 Å². The van der Waals surface area contributed by atoms with Gasteiger partial charge >= 0.3 is 0 Å². The minimum atomic E-state index is 0. The molecule has 8 heteroatoms. The molecule has 1 aromatic carbocycles. The average molecular weight is 546 g/mol. The smallest absolute Gasteiger partial charge is 0.194 e. The molecule has 1 saturated heterocycles. The van der Waals surface area contributed by atoms with E-state index in [0.29, 0.717) is 6.54 Å². The van der Waals surface area contributed by atoms with Crippen LogP contribution in [0.1, 0.15) is 24.2 Å². The SMILES string of the molecule is CCNC(=NCC(c1cccc(Cl)c1)N1CCOCC1)N(C)Cc1cccn1C.I. The van der Waals surface area contributed by atoms with Crippen molar-refractivity contribution in [1.82, 2.24) is 19.7 Å². The maximum Gasteiger partial charge on any atom is 0.194 e. The Morgan fingerprint density at radius 1 is 1.27 bits per heavy atom. The van der Waals surface area contributed by atoms with Gasteiger partial charge in [0.25, 0.3) is 0 Å². The van der Waals surface area contributed by atoms with E-state index in [0.717, 1.165) is 50.4 Å². The number of rotatable bonds is 7. The average Bonchev–Trinajstić information content (AvgIpc) is 3.12. The molecule has 2 aromatic rings. The molecule has 30 heavy (non-hydrogen) atoms. The summed E-state index contributed by atoms with van der Waals surface area (Å²) < 4.78 is 7.70. The quantitative estimate of drug-likeness (QED) is 0.327. The first-order valence-corrected chi connectivity index (χ1v) is 10.6. The van der Waals surface area contributed by atoms with Crippen LogP contribution in [-0.2, 0) is 18.3 Å². The molecule has 6 nitrogen and oxygen atoms in total. The van der Waals surface area contributed by atoms with Gasteiger partial charge in [-0.1, -0.05) is 23.7 Å². The molecule has 1 N–H and O–H groups in total. The first-order chi connectivity index (χ1) is 14.1. The van der Waals surface area contributed by atoms with Crippen LogP contribution < -0.4 is 5.32 Å². The highest BCUT2D eigenvalue weighted by Crippen LogP contribution is 2.25. The summed E-state index contributed by atoms with van der Waals surface area (Å²) in [5.41, 5.74) is 2.45. The van der Waals surface area contributed by atoms with E-state index in [2.05, 4.69) is 71.2 Å². The fraction of sp³-hybridized carbons (Fsp3) is 0.500. The zero-order valence-corrected chi connectivity index (χ0v) is 21.1. The van der Waals surface area contributed by atoms with Crippen LogP contribution in [0.15, 0.2) is 47.6 Å². The lowest BCUT2D eigenvalue weighted by atomic mass is 10.0. The van der Waals surface area contributed by atoms with Gasteiger partial charge in [-0.15, -0.1) is 24.0 Å². The van der Waals surface area contributed by atoms with Gasteiger partial charge in [-0.25, -0.2) is 0 Å². The third kappa shape index (κ3) is 6.87. The van der Waals surface area contributed by atoms with Crippen molar-refractivity contribution in [3.8, 4) is 0 Å². The number of morpholine rings is 1. The highest BCUT2D eigenvalue weighted by molar-refractivity contribution is 14.0. The maximum atomic E-state index is 6.28. The van der Waals surface area contributed by atoms with E-state index in [1.54, 1.807) is 0 Å². The molecule has 2 heterocycles. The van der Waals surface area contributed by atoms with Gasteiger partial charge < -0.3 is 19.5 Å². The van der Waals surface area contributed by atoms with E-state index in [-0.39, 0.29) is 30.0 Å². The third-order valence-corrected chi connectivity index (χ3v) is 5.52. The highest BCUT2D eigenvalue weighted by Gasteiger charge is 2.23. The largest absolute Gasteiger partial charge is 0.379 e. The predicted octanol–water partition coefficient (Wildman–Crippen LogP) is 3.77. The summed E-state index contributed by atoms with van der Waals surface area (Å²) in [7, 11) is 4.15. The van der Waals surface area contributed by atoms with Crippen molar-refractivity contribution < 1.29 is 4.74 Å². The molecule has 0 saturated carbocycles. The Labute approximate surface area is 202 Å².